The fourth-order valence-corrected chi connectivity index (χ4v) is 1.43. The van der Waals surface area contributed by atoms with Crippen molar-refractivity contribution in [2.24, 2.45) is 0 Å². The first kappa shape index (κ1) is 13.8. The van der Waals surface area contributed by atoms with Gasteiger partial charge in [0.15, 0.2) is 11.6 Å². The van der Waals surface area contributed by atoms with Crippen molar-refractivity contribution in [2.75, 3.05) is 20.2 Å². The van der Waals surface area contributed by atoms with Crippen LogP contribution in [-0.2, 0) is 4.79 Å². The number of ether oxygens (including phenoxy) is 1. The number of alkyl halides is 1. The molecule has 0 spiro atoms. The van der Waals surface area contributed by atoms with Gasteiger partial charge in [0.1, 0.15) is 12.0 Å². The van der Waals surface area contributed by atoms with Gasteiger partial charge in [-0.05, 0) is 19.1 Å². The maximum absolute atomic E-state index is 13.2. The zero-order valence-electron chi connectivity index (χ0n) is 9.82. The summed E-state index contributed by atoms with van der Waals surface area (Å²) in [5, 5.41) is -0.562. The van der Waals surface area contributed by atoms with Crippen molar-refractivity contribution < 1.29 is 13.9 Å². The third-order valence-electron chi connectivity index (χ3n) is 2.24. The number of para-hydroxylation sites is 1. The van der Waals surface area contributed by atoms with Gasteiger partial charge < -0.3 is 9.64 Å². The van der Waals surface area contributed by atoms with Crippen LogP contribution in [0.1, 0.15) is 6.92 Å². The molecule has 0 N–H and O–H groups in total. The van der Waals surface area contributed by atoms with Gasteiger partial charge in [0.2, 0.25) is 5.91 Å². The van der Waals surface area contributed by atoms with Crippen LogP contribution in [-0.4, -0.2) is 36.4 Å². The van der Waals surface area contributed by atoms with Crippen molar-refractivity contribution >= 4 is 17.5 Å². The third kappa shape index (κ3) is 4.23. The van der Waals surface area contributed by atoms with Crippen LogP contribution in [0.3, 0.4) is 0 Å². The Kier molecular flexibility index (Phi) is 5.22. The van der Waals surface area contributed by atoms with Gasteiger partial charge in [-0.1, -0.05) is 12.1 Å². The molecular formula is C12H15ClFNO2. The number of carbonyl (C=O) groups is 1. The van der Waals surface area contributed by atoms with Crippen LogP contribution in [0.25, 0.3) is 0 Å². The Morgan fingerprint density at radius 1 is 1.53 bits per heavy atom. The molecule has 17 heavy (non-hydrogen) atoms. The van der Waals surface area contributed by atoms with Crippen molar-refractivity contribution in [3.8, 4) is 5.75 Å². The highest BCUT2D eigenvalue weighted by Gasteiger charge is 2.14. The summed E-state index contributed by atoms with van der Waals surface area (Å²) in [6, 6.07) is 6.15. The highest BCUT2D eigenvalue weighted by Crippen LogP contribution is 2.15. The molecule has 1 aromatic carbocycles. The molecule has 0 radical (unpaired) electrons. The summed E-state index contributed by atoms with van der Waals surface area (Å²) < 4.78 is 18.4. The Morgan fingerprint density at radius 2 is 2.18 bits per heavy atom. The van der Waals surface area contributed by atoms with Crippen LogP contribution in [0.4, 0.5) is 4.39 Å². The molecule has 0 saturated heterocycles. The van der Waals surface area contributed by atoms with Crippen molar-refractivity contribution in [3.63, 3.8) is 0 Å². The highest BCUT2D eigenvalue weighted by atomic mass is 35.5. The molecule has 1 amide bonds. The molecule has 94 valence electrons. The quantitative estimate of drug-likeness (QED) is 0.760. The van der Waals surface area contributed by atoms with Gasteiger partial charge in [0, 0.05) is 7.05 Å². The number of carbonyl (C=O) groups excluding carboxylic acids is 1. The molecule has 0 aliphatic carbocycles. The fourth-order valence-electron chi connectivity index (χ4n) is 1.27. The van der Waals surface area contributed by atoms with Crippen molar-refractivity contribution in [2.45, 2.75) is 12.3 Å². The highest BCUT2D eigenvalue weighted by molar-refractivity contribution is 6.30. The largest absolute Gasteiger partial charge is 0.489 e. The van der Waals surface area contributed by atoms with E-state index in [1.165, 1.54) is 11.0 Å². The van der Waals surface area contributed by atoms with E-state index in [9.17, 15) is 9.18 Å². The Hall–Kier alpha value is -1.29. The van der Waals surface area contributed by atoms with E-state index in [0.29, 0.717) is 6.54 Å². The maximum atomic E-state index is 13.2. The number of hydrogen-bond acceptors (Lipinski definition) is 2. The first-order valence-corrected chi connectivity index (χ1v) is 5.72. The lowest BCUT2D eigenvalue weighted by Crippen LogP contribution is -2.35. The van der Waals surface area contributed by atoms with Gasteiger partial charge in [-0.3, -0.25) is 4.79 Å². The third-order valence-corrected chi connectivity index (χ3v) is 2.42. The minimum absolute atomic E-state index is 0.177. The summed E-state index contributed by atoms with van der Waals surface area (Å²) in [6.45, 7) is 2.20. The SMILES string of the molecule is CC(Cl)C(=O)N(C)CCOc1ccccc1F. The number of nitrogens with zero attached hydrogens (tertiary/aromatic N) is 1. The van der Waals surface area contributed by atoms with Crippen LogP contribution in [0.2, 0.25) is 0 Å². The molecule has 1 atom stereocenters. The zero-order chi connectivity index (χ0) is 12.8. The number of halogens is 2. The average Bonchev–Trinajstić information content (AvgIpc) is 2.30. The minimum atomic E-state index is -0.562. The van der Waals surface area contributed by atoms with Crippen LogP contribution in [0, 0.1) is 5.82 Å². The Labute approximate surface area is 105 Å². The lowest BCUT2D eigenvalue weighted by molar-refractivity contribution is -0.129. The minimum Gasteiger partial charge on any atom is -0.489 e. The standard InChI is InChI=1S/C12H15ClFNO2/c1-9(13)12(16)15(2)7-8-17-11-6-4-3-5-10(11)14/h3-6,9H,7-8H2,1-2H3. The second kappa shape index (κ2) is 6.45. The Morgan fingerprint density at radius 3 is 2.76 bits per heavy atom. The normalized spacial score (nSPS) is 12.0. The monoisotopic (exact) mass is 259 g/mol. The van der Waals surface area contributed by atoms with E-state index in [0.717, 1.165) is 0 Å². The molecule has 3 nitrogen and oxygen atoms in total. The van der Waals surface area contributed by atoms with Gasteiger partial charge in [-0.15, -0.1) is 11.6 Å². The summed E-state index contributed by atoms with van der Waals surface area (Å²) in [5.74, 6) is -0.400. The summed E-state index contributed by atoms with van der Waals surface area (Å²) >= 11 is 5.65. The van der Waals surface area contributed by atoms with Crippen molar-refractivity contribution in [1.82, 2.24) is 4.90 Å². The van der Waals surface area contributed by atoms with Crippen LogP contribution in [0.5, 0.6) is 5.75 Å². The van der Waals surface area contributed by atoms with Gasteiger partial charge in [-0.2, -0.15) is 0 Å². The Balaban J connectivity index is 2.38. The first-order valence-electron chi connectivity index (χ1n) is 5.28. The van der Waals surface area contributed by atoms with Crippen LogP contribution in [0.15, 0.2) is 24.3 Å². The summed E-state index contributed by atoms with van der Waals surface area (Å²) in [4.78, 5) is 12.9. The van der Waals surface area contributed by atoms with E-state index < -0.39 is 11.2 Å². The smallest absolute Gasteiger partial charge is 0.240 e. The molecule has 0 heterocycles. The molecule has 0 aliphatic rings. The van der Waals surface area contributed by atoms with Gasteiger partial charge in [-0.25, -0.2) is 4.39 Å². The molecule has 0 aromatic heterocycles. The lowest BCUT2D eigenvalue weighted by Gasteiger charge is -2.18. The predicted molar refractivity (Wildman–Crippen MR) is 64.8 cm³/mol. The van der Waals surface area contributed by atoms with E-state index in [2.05, 4.69) is 0 Å². The predicted octanol–water partition coefficient (Wildman–Crippen LogP) is 2.29. The topological polar surface area (TPSA) is 29.5 Å². The molecule has 1 aromatic rings. The second-order valence-electron chi connectivity index (χ2n) is 3.65. The number of hydrogen-bond donors (Lipinski definition) is 0. The zero-order valence-corrected chi connectivity index (χ0v) is 10.6. The number of amides is 1. The van der Waals surface area contributed by atoms with Crippen molar-refractivity contribution in [3.05, 3.63) is 30.1 Å². The first-order chi connectivity index (χ1) is 8.02. The van der Waals surface area contributed by atoms with E-state index in [4.69, 9.17) is 16.3 Å². The lowest BCUT2D eigenvalue weighted by atomic mass is 10.3. The molecule has 0 aliphatic heterocycles. The fraction of sp³-hybridized carbons (Fsp3) is 0.417. The molecule has 0 fully saturated rings. The van der Waals surface area contributed by atoms with E-state index in [1.54, 1.807) is 32.2 Å². The summed E-state index contributed by atoms with van der Waals surface area (Å²) in [6.07, 6.45) is 0. The molecule has 0 saturated carbocycles. The number of rotatable bonds is 5. The number of benzene rings is 1. The average molecular weight is 260 g/mol. The van der Waals surface area contributed by atoms with E-state index >= 15 is 0 Å². The van der Waals surface area contributed by atoms with E-state index in [1.807, 2.05) is 0 Å². The van der Waals surface area contributed by atoms with Crippen LogP contribution >= 0.6 is 11.6 Å². The Bertz CT molecular complexity index is 385. The summed E-state index contributed by atoms with van der Waals surface area (Å²) in [5.41, 5.74) is 0. The summed E-state index contributed by atoms with van der Waals surface area (Å²) in [7, 11) is 1.63. The molecule has 1 rings (SSSR count). The van der Waals surface area contributed by atoms with Gasteiger partial charge >= 0.3 is 0 Å². The molecule has 1 unspecified atom stereocenters. The van der Waals surface area contributed by atoms with Crippen molar-refractivity contribution in [1.29, 1.82) is 0 Å². The second-order valence-corrected chi connectivity index (χ2v) is 4.31. The van der Waals surface area contributed by atoms with Gasteiger partial charge in [0.25, 0.3) is 0 Å². The number of likely N-dealkylation sites (N-methyl/N-ethyl adjacent to an activating group) is 1. The van der Waals surface area contributed by atoms with E-state index in [-0.39, 0.29) is 18.3 Å². The molecule has 5 heteroatoms. The molecular weight excluding hydrogens is 245 g/mol. The van der Waals surface area contributed by atoms with Crippen LogP contribution < -0.4 is 4.74 Å². The molecule has 0 bridgehead atoms. The van der Waals surface area contributed by atoms with Gasteiger partial charge in [0.05, 0.1) is 6.54 Å². The maximum Gasteiger partial charge on any atom is 0.240 e.